The van der Waals surface area contributed by atoms with Gasteiger partial charge in [0.2, 0.25) is 0 Å². The molecule has 1 aliphatic carbocycles. The number of ether oxygens (including phenoxy) is 1. The largest absolute Gasteiger partial charge is 0.455 e. The predicted octanol–water partition coefficient (Wildman–Crippen LogP) is 8.13. The Morgan fingerprint density at radius 3 is 2.25 bits per heavy atom. The van der Waals surface area contributed by atoms with Gasteiger partial charge in [-0.15, -0.1) is 0 Å². The van der Waals surface area contributed by atoms with Crippen molar-refractivity contribution in [3.05, 3.63) is 147 Å². The van der Waals surface area contributed by atoms with E-state index in [-0.39, 0.29) is 55.2 Å². The SMILES string of the molecule is CCCCCc1ccc(Oc2cc(Nc3ccc(C)cc3S(=O)(=O)ON)c3c4c(c(C(=O)c5ccccc5)c(=O)[nH]c24)-c2ccccc2C3=O)cc1. The molecule has 1 heterocycles. The lowest BCUT2D eigenvalue weighted by Gasteiger charge is -2.26. The van der Waals surface area contributed by atoms with E-state index in [1.54, 1.807) is 67.6 Å². The van der Waals surface area contributed by atoms with E-state index in [0.29, 0.717) is 22.4 Å². The zero-order valence-electron chi connectivity index (χ0n) is 28.5. The first-order chi connectivity index (χ1) is 25.1. The first-order valence-electron chi connectivity index (χ1n) is 16.9. The Morgan fingerprint density at radius 2 is 1.54 bits per heavy atom. The molecule has 262 valence electrons. The number of hydrogen-bond donors (Lipinski definition) is 3. The van der Waals surface area contributed by atoms with Gasteiger partial charge in [0.05, 0.1) is 28.0 Å². The average Bonchev–Trinajstić information content (AvgIpc) is 3.15. The van der Waals surface area contributed by atoms with E-state index in [0.717, 1.165) is 31.2 Å². The number of nitrogens with one attached hydrogen (secondary N) is 2. The Hall–Kier alpha value is -5.88. The van der Waals surface area contributed by atoms with Crippen LogP contribution in [0.1, 0.15) is 69.2 Å². The van der Waals surface area contributed by atoms with Crippen molar-refractivity contribution in [1.82, 2.24) is 4.98 Å². The molecule has 7 rings (SSSR count). The standard InChI is InChI=1S/C41H35N3O7S/c1-3-4-6-11-25-17-19-27(20-18-25)50-32-23-31(43-30-21-16-24(2)22-33(30)52(48,49)51-42)35-36-34(28-14-9-10-15-29(28)40(35)46)37(41(47)44-38(32)36)39(45)26-12-7-5-8-13-26/h5,7-10,12-23,43H,3-4,6,11,42H2,1-2H3,(H,44,47). The fraction of sp³-hybridized carbons (Fsp3) is 0.146. The highest BCUT2D eigenvalue weighted by molar-refractivity contribution is 7.86. The third-order valence-electron chi connectivity index (χ3n) is 9.21. The van der Waals surface area contributed by atoms with Crippen LogP contribution in [0.5, 0.6) is 11.5 Å². The van der Waals surface area contributed by atoms with E-state index in [4.69, 9.17) is 10.6 Å². The number of hydrogen-bond acceptors (Lipinski definition) is 9. The van der Waals surface area contributed by atoms with Gasteiger partial charge in [-0.3, -0.25) is 14.4 Å². The monoisotopic (exact) mass is 713 g/mol. The number of aromatic amines is 1. The molecule has 1 aliphatic rings. The van der Waals surface area contributed by atoms with Gasteiger partial charge < -0.3 is 15.0 Å². The second kappa shape index (κ2) is 14.0. The van der Waals surface area contributed by atoms with Crippen molar-refractivity contribution in [1.29, 1.82) is 0 Å². The first-order valence-corrected chi connectivity index (χ1v) is 18.3. The number of benzene rings is 5. The van der Waals surface area contributed by atoms with Gasteiger partial charge in [-0.25, -0.2) is 0 Å². The van der Waals surface area contributed by atoms with Crippen LogP contribution in [0.15, 0.2) is 113 Å². The second-order valence-corrected chi connectivity index (χ2v) is 14.2. The van der Waals surface area contributed by atoms with Gasteiger partial charge in [-0.1, -0.05) is 92.6 Å². The minimum Gasteiger partial charge on any atom is -0.455 e. The Kier molecular flexibility index (Phi) is 9.33. The van der Waals surface area contributed by atoms with Crippen LogP contribution >= 0.6 is 0 Å². The number of carbonyl (C=O) groups is 2. The number of nitrogens with two attached hydrogens (primary N) is 1. The van der Waals surface area contributed by atoms with Crippen molar-refractivity contribution in [3.63, 3.8) is 0 Å². The highest BCUT2D eigenvalue weighted by Gasteiger charge is 2.35. The molecule has 5 aromatic carbocycles. The van der Waals surface area contributed by atoms with Crippen LogP contribution in [0.4, 0.5) is 11.4 Å². The summed E-state index contributed by atoms with van der Waals surface area (Å²) in [5.74, 6) is 4.88. The van der Waals surface area contributed by atoms with E-state index in [1.807, 2.05) is 24.3 Å². The Balaban J connectivity index is 1.51. The molecular formula is C41H35N3O7S. The zero-order chi connectivity index (χ0) is 36.6. The number of ketones is 2. The fourth-order valence-electron chi connectivity index (χ4n) is 6.68. The smallest absolute Gasteiger partial charge is 0.314 e. The average molecular weight is 714 g/mol. The Labute approximate surface area is 300 Å². The molecule has 0 saturated carbocycles. The van der Waals surface area contributed by atoms with Gasteiger partial charge in [-0.05, 0) is 60.7 Å². The molecule has 0 aliphatic heterocycles. The van der Waals surface area contributed by atoms with E-state index < -0.39 is 27.2 Å². The molecule has 11 heteroatoms. The highest BCUT2D eigenvalue weighted by Crippen LogP contribution is 2.47. The number of pyridine rings is 1. The summed E-state index contributed by atoms with van der Waals surface area (Å²) in [5.41, 5.74) is 2.75. The summed E-state index contributed by atoms with van der Waals surface area (Å²) in [6.45, 7) is 3.87. The quantitative estimate of drug-likeness (QED) is 0.0646. The third-order valence-corrected chi connectivity index (χ3v) is 10.3. The van der Waals surface area contributed by atoms with Gasteiger partial charge in [0, 0.05) is 28.1 Å². The van der Waals surface area contributed by atoms with Crippen LogP contribution in [0.25, 0.3) is 22.0 Å². The lowest BCUT2D eigenvalue weighted by Crippen LogP contribution is -2.24. The van der Waals surface area contributed by atoms with Crippen molar-refractivity contribution >= 4 is 44.0 Å². The number of H-pyrrole nitrogens is 1. The van der Waals surface area contributed by atoms with Gasteiger partial charge in [0.15, 0.2) is 17.3 Å². The normalized spacial score (nSPS) is 12.1. The summed E-state index contributed by atoms with van der Waals surface area (Å²) in [7, 11) is -4.41. The molecule has 0 radical (unpaired) electrons. The van der Waals surface area contributed by atoms with Crippen molar-refractivity contribution in [2.45, 2.75) is 44.4 Å². The third kappa shape index (κ3) is 6.30. The second-order valence-electron chi connectivity index (χ2n) is 12.7. The molecule has 52 heavy (non-hydrogen) atoms. The lowest BCUT2D eigenvalue weighted by atomic mass is 9.80. The zero-order valence-corrected chi connectivity index (χ0v) is 29.3. The van der Waals surface area contributed by atoms with E-state index in [9.17, 15) is 22.8 Å². The summed E-state index contributed by atoms with van der Waals surface area (Å²) in [5, 5.41) is 3.41. The van der Waals surface area contributed by atoms with Crippen LogP contribution in [0, 0.1) is 6.92 Å². The Bertz CT molecular complexity index is 2550. The van der Waals surface area contributed by atoms with Crippen molar-refractivity contribution in [2.75, 3.05) is 5.32 Å². The summed E-state index contributed by atoms with van der Waals surface area (Å²) < 4.78 is 36.8. The molecule has 1 aromatic heterocycles. The van der Waals surface area contributed by atoms with Crippen LogP contribution in [0.3, 0.4) is 0 Å². The molecule has 0 atom stereocenters. The number of aromatic nitrogens is 1. The van der Waals surface area contributed by atoms with Crippen molar-refractivity contribution < 1.29 is 27.0 Å². The van der Waals surface area contributed by atoms with Crippen LogP contribution < -0.4 is 21.5 Å². The Morgan fingerprint density at radius 1 is 0.827 bits per heavy atom. The number of fused-ring (bicyclic) bond motifs is 2. The number of anilines is 2. The van der Waals surface area contributed by atoms with Gasteiger partial charge in [0.1, 0.15) is 10.6 Å². The summed E-state index contributed by atoms with van der Waals surface area (Å²) >= 11 is 0. The molecule has 6 aromatic rings. The maximum absolute atomic E-state index is 14.5. The van der Waals surface area contributed by atoms with Gasteiger partial charge in [-0.2, -0.15) is 18.6 Å². The number of rotatable bonds is 12. The predicted molar refractivity (Wildman–Crippen MR) is 200 cm³/mol. The number of unbranched alkanes of at least 4 members (excludes halogenated alkanes) is 2. The van der Waals surface area contributed by atoms with Gasteiger partial charge >= 0.3 is 10.1 Å². The van der Waals surface area contributed by atoms with Crippen molar-refractivity contribution in [2.24, 2.45) is 5.90 Å². The minimum absolute atomic E-state index is 0.0762. The van der Waals surface area contributed by atoms with E-state index >= 15 is 0 Å². The van der Waals surface area contributed by atoms with Gasteiger partial charge in [0.25, 0.3) is 5.56 Å². The van der Waals surface area contributed by atoms with E-state index in [2.05, 4.69) is 21.5 Å². The molecular weight excluding hydrogens is 679 g/mol. The number of carbonyl (C=O) groups excluding carboxylic acids is 2. The summed E-state index contributed by atoms with van der Waals surface area (Å²) in [4.78, 5) is 45.4. The molecule has 0 spiro atoms. The molecule has 0 unspecified atom stereocenters. The maximum Gasteiger partial charge on any atom is 0.314 e. The van der Waals surface area contributed by atoms with Crippen molar-refractivity contribution in [3.8, 4) is 22.6 Å². The molecule has 10 nitrogen and oxygen atoms in total. The van der Waals surface area contributed by atoms with Crippen LogP contribution in [-0.2, 0) is 20.8 Å². The molecule has 0 fully saturated rings. The fourth-order valence-corrected chi connectivity index (χ4v) is 7.50. The minimum atomic E-state index is -4.41. The number of aryl methyl sites for hydroxylation is 2. The maximum atomic E-state index is 14.5. The van der Waals surface area contributed by atoms with E-state index in [1.165, 1.54) is 18.2 Å². The molecule has 4 N–H and O–H groups in total. The highest BCUT2D eigenvalue weighted by atomic mass is 32.2. The topological polar surface area (TPSA) is 158 Å². The summed E-state index contributed by atoms with van der Waals surface area (Å²) in [6, 6.07) is 29.0. The van der Waals surface area contributed by atoms with Crippen LogP contribution in [-0.4, -0.2) is 25.0 Å². The lowest BCUT2D eigenvalue weighted by molar-refractivity contribution is 0.102. The molecule has 0 bridgehead atoms. The molecule has 0 saturated heterocycles. The first kappa shape index (κ1) is 34.6. The summed E-state index contributed by atoms with van der Waals surface area (Å²) in [6.07, 6.45) is 4.22. The molecule has 0 amide bonds. The van der Waals surface area contributed by atoms with Crippen LogP contribution in [0.2, 0.25) is 0 Å².